The quantitative estimate of drug-likeness (QED) is 0.529. The molecule has 176 valence electrons. The highest BCUT2D eigenvalue weighted by atomic mass is 32.1. The van der Waals surface area contributed by atoms with E-state index in [2.05, 4.69) is 53.9 Å². The number of pyridine rings is 1. The number of H-pyrrole nitrogens is 1. The highest BCUT2D eigenvalue weighted by Crippen LogP contribution is 2.19. The van der Waals surface area contributed by atoms with Crippen LogP contribution in [-0.2, 0) is 11.3 Å². The van der Waals surface area contributed by atoms with E-state index in [4.69, 9.17) is 17.0 Å². The zero-order valence-electron chi connectivity index (χ0n) is 20.0. The predicted octanol–water partition coefficient (Wildman–Crippen LogP) is 3.73. The minimum Gasteiger partial charge on any atom is -0.376 e. The van der Waals surface area contributed by atoms with Gasteiger partial charge in [0.1, 0.15) is 0 Å². The summed E-state index contributed by atoms with van der Waals surface area (Å²) in [7, 11) is 0. The number of benzene rings is 1. The summed E-state index contributed by atoms with van der Waals surface area (Å²) in [4.78, 5) is 20.5. The average Bonchev–Trinajstić information content (AvgIpc) is 3.28. The minimum atomic E-state index is -0.0434. The van der Waals surface area contributed by atoms with Gasteiger partial charge in [-0.15, -0.1) is 0 Å². The monoisotopic (exact) mass is 458 g/mol. The number of fused-ring (bicyclic) bond motifs is 1. The van der Waals surface area contributed by atoms with E-state index in [1.54, 1.807) is 0 Å². The second kappa shape index (κ2) is 11.8. The van der Waals surface area contributed by atoms with Gasteiger partial charge in [0, 0.05) is 36.2 Å². The van der Waals surface area contributed by atoms with Gasteiger partial charge < -0.3 is 24.8 Å². The number of ether oxygens (including phenoxy) is 1. The first-order valence-corrected chi connectivity index (χ1v) is 12.3. The van der Waals surface area contributed by atoms with Crippen LogP contribution in [0.5, 0.6) is 0 Å². The summed E-state index contributed by atoms with van der Waals surface area (Å²) in [5, 5.41) is 5.18. The lowest BCUT2D eigenvalue weighted by Gasteiger charge is -2.28. The van der Waals surface area contributed by atoms with Gasteiger partial charge >= 0.3 is 0 Å². The molecule has 3 rings (SSSR count). The summed E-state index contributed by atoms with van der Waals surface area (Å²) in [5.41, 5.74) is 3.91. The fourth-order valence-corrected chi connectivity index (χ4v) is 4.67. The molecule has 1 saturated heterocycles. The molecule has 1 atom stereocenters. The first-order valence-electron chi connectivity index (χ1n) is 11.9. The summed E-state index contributed by atoms with van der Waals surface area (Å²) in [6.07, 6.45) is 3.39. The van der Waals surface area contributed by atoms with E-state index in [0.29, 0.717) is 11.7 Å². The van der Waals surface area contributed by atoms with Gasteiger partial charge in [0.15, 0.2) is 5.11 Å². The molecule has 0 unspecified atom stereocenters. The summed E-state index contributed by atoms with van der Waals surface area (Å²) < 4.78 is 5.73. The van der Waals surface area contributed by atoms with E-state index in [0.717, 1.165) is 80.6 Å². The Hall–Kier alpha value is -1.96. The van der Waals surface area contributed by atoms with Crippen molar-refractivity contribution in [3.05, 3.63) is 45.2 Å². The van der Waals surface area contributed by atoms with Gasteiger partial charge in [0.2, 0.25) is 0 Å². The van der Waals surface area contributed by atoms with Crippen molar-refractivity contribution in [2.45, 2.75) is 59.6 Å². The number of hydrogen-bond acceptors (Lipinski definition) is 4. The van der Waals surface area contributed by atoms with Crippen LogP contribution in [0.2, 0.25) is 0 Å². The molecule has 0 amide bonds. The molecule has 0 saturated carbocycles. The largest absolute Gasteiger partial charge is 0.376 e. The predicted molar refractivity (Wildman–Crippen MR) is 136 cm³/mol. The molecule has 1 aliphatic rings. The molecule has 1 aromatic carbocycles. The highest BCUT2D eigenvalue weighted by Gasteiger charge is 2.18. The Kier molecular flexibility index (Phi) is 9.08. The third kappa shape index (κ3) is 6.53. The van der Waals surface area contributed by atoms with Crippen molar-refractivity contribution in [2.75, 3.05) is 39.3 Å². The molecule has 2 N–H and O–H groups in total. The van der Waals surface area contributed by atoms with Crippen molar-refractivity contribution in [1.82, 2.24) is 20.1 Å². The van der Waals surface area contributed by atoms with Crippen LogP contribution < -0.4 is 10.9 Å². The number of nitrogens with one attached hydrogen (secondary N) is 2. The fraction of sp³-hybridized carbons (Fsp3) is 0.600. The maximum Gasteiger partial charge on any atom is 0.253 e. The second-order valence-corrected chi connectivity index (χ2v) is 9.18. The fourth-order valence-electron chi connectivity index (χ4n) is 4.43. The molecule has 32 heavy (non-hydrogen) atoms. The molecule has 1 aromatic heterocycles. The summed E-state index contributed by atoms with van der Waals surface area (Å²) in [6, 6.07) is 6.21. The SMILES string of the molecule is CCN(CC)CCCN(Cc1cc2c(C)cc(C)cc2[nH]c1=O)C(=S)NC[C@@H]1CCCO1. The first-order chi connectivity index (χ1) is 15.4. The molecule has 7 heteroatoms. The number of rotatable bonds is 10. The Bertz CT molecular complexity index is 964. The Morgan fingerprint density at radius 1 is 1.22 bits per heavy atom. The van der Waals surface area contributed by atoms with Crippen LogP contribution in [0.3, 0.4) is 0 Å². The Labute approximate surface area is 197 Å². The Balaban J connectivity index is 1.76. The molecular formula is C25H38N4O2S. The van der Waals surface area contributed by atoms with Gasteiger partial charge in [0.25, 0.3) is 5.56 Å². The molecule has 0 aliphatic carbocycles. The zero-order chi connectivity index (χ0) is 23.1. The standard InChI is InChI=1S/C25H38N4O2S/c1-5-28(6-2)10-8-11-29(25(32)26-16-21-9-7-12-31-21)17-20-15-22-19(4)13-18(3)14-23(22)27-24(20)30/h13-15,21H,5-12,16-17H2,1-4H3,(H,26,32)(H,27,30)/t21-/m0/s1. The van der Waals surface area contributed by atoms with Crippen molar-refractivity contribution in [3.63, 3.8) is 0 Å². The van der Waals surface area contributed by atoms with Crippen molar-refractivity contribution < 1.29 is 4.74 Å². The molecule has 6 nitrogen and oxygen atoms in total. The summed E-state index contributed by atoms with van der Waals surface area (Å²) in [5.74, 6) is 0. The number of aromatic nitrogens is 1. The summed E-state index contributed by atoms with van der Waals surface area (Å²) >= 11 is 5.76. The maximum atomic E-state index is 12.9. The smallest absolute Gasteiger partial charge is 0.253 e. The molecule has 2 heterocycles. The van der Waals surface area contributed by atoms with E-state index in [9.17, 15) is 4.79 Å². The van der Waals surface area contributed by atoms with Gasteiger partial charge in [-0.05, 0) is 88.2 Å². The molecule has 0 radical (unpaired) electrons. The maximum absolute atomic E-state index is 12.9. The van der Waals surface area contributed by atoms with E-state index in [1.807, 2.05) is 12.1 Å². The number of aromatic amines is 1. The lowest BCUT2D eigenvalue weighted by Crippen LogP contribution is -2.44. The van der Waals surface area contributed by atoms with Gasteiger partial charge in [-0.1, -0.05) is 19.9 Å². The number of nitrogens with zero attached hydrogens (tertiary/aromatic N) is 2. The van der Waals surface area contributed by atoms with Crippen LogP contribution >= 0.6 is 12.2 Å². The molecule has 1 aliphatic heterocycles. The van der Waals surface area contributed by atoms with Crippen LogP contribution in [0, 0.1) is 13.8 Å². The van der Waals surface area contributed by atoms with Crippen LogP contribution in [0.25, 0.3) is 10.9 Å². The van der Waals surface area contributed by atoms with Crippen LogP contribution in [0.15, 0.2) is 23.0 Å². The minimum absolute atomic E-state index is 0.0434. The third-order valence-corrected chi connectivity index (χ3v) is 6.74. The molecule has 0 spiro atoms. The van der Waals surface area contributed by atoms with E-state index in [1.165, 1.54) is 5.56 Å². The number of aryl methyl sites for hydroxylation is 2. The van der Waals surface area contributed by atoms with E-state index in [-0.39, 0.29) is 11.7 Å². The van der Waals surface area contributed by atoms with Gasteiger partial charge in [-0.3, -0.25) is 4.79 Å². The number of hydrogen-bond donors (Lipinski definition) is 2. The van der Waals surface area contributed by atoms with Crippen molar-refractivity contribution >= 4 is 28.2 Å². The molecule has 0 bridgehead atoms. The lowest BCUT2D eigenvalue weighted by molar-refractivity contribution is 0.113. The van der Waals surface area contributed by atoms with E-state index >= 15 is 0 Å². The topological polar surface area (TPSA) is 60.6 Å². The van der Waals surface area contributed by atoms with Gasteiger partial charge in [-0.2, -0.15) is 0 Å². The molecule has 1 fully saturated rings. The normalized spacial score (nSPS) is 16.1. The van der Waals surface area contributed by atoms with Gasteiger partial charge in [0.05, 0.1) is 12.6 Å². The van der Waals surface area contributed by atoms with E-state index < -0.39 is 0 Å². The molecule has 2 aromatic rings. The highest BCUT2D eigenvalue weighted by molar-refractivity contribution is 7.80. The van der Waals surface area contributed by atoms with Crippen molar-refractivity contribution in [2.24, 2.45) is 0 Å². The van der Waals surface area contributed by atoms with Crippen molar-refractivity contribution in [1.29, 1.82) is 0 Å². The Morgan fingerprint density at radius 2 is 2.00 bits per heavy atom. The zero-order valence-corrected chi connectivity index (χ0v) is 20.8. The molecular weight excluding hydrogens is 420 g/mol. The average molecular weight is 459 g/mol. The lowest BCUT2D eigenvalue weighted by atomic mass is 10.0. The van der Waals surface area contributed by atoms with Crippen LogP contribution in [-0.4, -0.2) is 65.3 Å². The Morgan fingerprint density at radius 3 is 2.69 bits per heavy atom. The second-order valence-electron chi connectivity index (χ2n) is 8.79. The third-order valence-electron chi connectivity index (χ3n) is 6.34. The van der Waals surface area contributed by atoms with Crippen molar-refractivity contribution in [3.8, 4) is 0 Å². The van der Waals surface area contributed by atoms with Gasteiger partial charge in [-0.25, -0.2) is 0 Å². The first kappa shape index (κ1) is 24.7. The van der Waals surface area contributed by atoms with Crippen LogP contribution in [0.1, 0.15) is 49.8 Å². The van der Waals surface area contributed by atoms with Crippen LogP contribution in [0.4, 0.5) is 0 Å². The summed E-state index contributed by atoms with van der Waals surface area (Å²) in [6.45, 7) is 14.5. The number of thiocarbonyl (C=S) groups is 1.